The van der Waals surface area contributed by atoms with Crippen molar-refractivity contribution in [3.8, 4) is 23.0 Å². The number of hydrogen-bond acceptors (Lipinski definition) is 10. The monoisotopic (exact) mass is 497 g/mol. The van der Waals surface area contributed by atoms with E-state index in [4.69, 9.17) is 28.4 Å². The SMILES string of the molecule is COc1cc(C(=O)O[C@@H]2C[C@@]34CCN[C@@]35C[C@H](O[C@]5(OC)[C@@H]2O)c2cc3c(cc24)OCO3)ccc1O. The highest BCUT2D eigenvalue weighted by Crippen LogP contribution is 2.70. The molecule has 0 aromatic heterocycles. The van der Waals surface area contributed by atoms with E-state index in [9.17, 15) is 15.0 Å². The molecule has 2 bridgehead atoms. The third-order valence-electron chi connectivity index (χ3n) is 8.87. The molecule has 3 fully saturated rings. The summed E-state index contributed by atoms with van der Waals surface area (Å²) >= 11 is 0. The number of benzene rings is 2. The van der Waals surface area contributed by atoms with Gasteiger partial charge in [-0.05, 0) is 60.8 Å². The van der Waals surface area contributed by atoms with Gasteiger partial charge in [-0.1, -0.05) is 0 Å². The number of methoxy groups -OCH3 is 2. The number of phenols is 1. The average molecular weight is 498 g/mol. The highest BCUT2D eigenvalue weighted by Gasteiger charge is 2.81. The zero-order valence-corrected chi connectivity index (χ0v) is 19.9. The zero-order chi connectivity index (χ0) is 24.9. The molecule has 2 aromatic carbocycles. The lowest BCUT2D eigenvalue weighted by molar-refractivity contribution is -0.322. The molecule has 6 atom stereocenters. The minimum absolute atomic E-state index is 0.0857. The van der Waals surface area contributed by atoms with E-state index >= 15 is 0 Å². The average Bonchev–Trinajstić information content (AvgIpc) is 3.59. The highest BCUT2D eigenvalue weighted by molar-refractivity contribution is 5.90. The summed E-state index contributed by atoms with van der Waals surface area (Å²) in [5, 5.41) is 25.2. The van der Waals surface area contributed by atoms with Gasteiger partial charge in [0.2, 0.25) is 12.6 Å². The summed E-state index contributed by atoms with van der Waals surface area (Å²) in [6.07, 6.45) is -0.771. The van der Waals surface area contributed by atoms with E-state index in [0.717, 1.165) is 17.5 Å². The Labute approximate surface area is 207 Å². The highest BCUT2D eigenvalue weighted by atomic mass is 16.7. The number of ether oxygens (including phenoxy) is 6. The Balaban J connectivity index is 1.33. The van der Waals surface area contributed by atoms with E-state index in [-0.39, 0.29) is 30.0 Å². The normalized spacial score (nSPS) is 36.8. The van der Waals surface area contributed by atoms with Crippen LogP contribution in [0, 0.1) is 0 Å². The van der Waals surface area contributed by atoms with Crippen molar-refractivity contribution in [3.63, 3.8) is 0 Å². The van der Waals surface area contributed by atoms with Crippen LogP contribution >= 0.6 is 0 Å². The molecular weight excluding hydrogens is 470 g/mol. The molecule has 190 valence electrons. The number of hydrogen-bond donors (Lipinski definition) is 3. The number of nitrogens with one attached hydrogen (secondary N) is 1. The topological polar surface area (TPSA) is 125 Å². The van der Waals surface area contributed by atoms with Gasteiger partial charge in [-0.15, -0.1) is 0 Å². The van der Waals surface area contributed by atoms with Crippen LogP contribution in [0.4, 0.5) is 0 Å². The third kappa shape index (κ3) is 2.47. The Morgan fingerprint density at radius 1 is 1.14 bits per heavy atom. The van der Waals surface area contributed by atoms with Gasteiger partial charge in [-0.3, -0.25) is 0 Å². The van der Waals surface area contributed by atoms with Crippen LogP contribution in [0.1, 0.15) is 46.9 Å². The van der Waals surface area contributed by atoms with Gasteiger partial charge in [0.05, 0.1) is 24.3 Å². The van der Waals surface area contributed by atoms with Crippen molar-refractivity contribution in [3.05, 3.63) is 47.0 Å². The summed E-state index contributed by atoms with van der Waals surface area (Å²) in [7, 11) is 2.93. The minimum atomic E-state index is -1.44. The van der Waals surface area contributed by atoms with Gasteiger partial charge >= 0.3 is 5.97 Å². The number of aliphatic hydroxyl groups is 1. The smallest absolute Gasteiger partial charge is 0.338 e. The van der Waals surface area contributed by atoms with Crippen LogP contribution in [0.15, 0.2) is 30.3 Å². The van der Waals surface area contributed by atoms with Crippen molar-refractivity contribution in [1.82, 2.24) is 5.32 Å². The third-order valence-corrected chi connectivity index (χ3v) is 8.87. The van der Waals surface area contributed by atoms with Gasteiger partial charge in [0.15, 0.2) is 23.0 Å². The predicted octanol–water partition coefficient (Wildman–Crippen LogP) is 1.91. The number of aliphatic hydroxyl groups excluding tert-OH is 1. The van der Waals surface area contributed by atoms with Crippen LogP contribution in [0.3, 0.4) is 0 Å². The van der Waals surface area contributed by atoms with Crippen molar-refractivity contribution in [2.75, 3.05) is 27.6 Å². The first-order chi connectivity index (χ1) is 17.4. The number of rotatable bonds is 4. The maximum absolute atomic E-state index is 13.2. The summed E-state index contributed by atoms with van der Waals surface area (Å²) in [5.41, 5.74) is 0.988. The van der Waals surface area contributed by atoms with Crippen molar-refractivity contribution in [1.29, 1.82) is 0 Å². The molecule has 0 unspecified atom stereocenters. The molecule has 2 aromatic rings. The molecule has 10 heteroatoms. The molecule has 3 aliphatic heterocycles. The molecule has 3 N–H and O–H groups in total. The Morgan fingerprint density at radius 3 is 2.72 bits per heavy atom. The van der Waals surface area contributed by atoms with Crippen LogP contribution in [-0.4, -0.2) is 67.3 Å². The van der Waals surface area contributed by atoms with Crippen molar-refractivity contribution in [2.24, 2.45) is 0 Å². The number of phenolic OH excluding ortho intramolecular Hbond substituents is 1. The molecule has 3 heterocycles. The quantitative estimate of drug-likeness (QED) is 0.540. The summed E-state index contributed by atoms with van der Waals surface area (Å²) in [6.45, 7) is 0.856. The molecule has 7 rings (SSSR count). The molecule has 1 saturated carbocycles. The number of carbonyl (C=O) groups is 1. The minimum Gasteiger partial charge on any atom is -0.504 e. The molecule has 10 nitrogen and oxygen atoms in total. The number of fused-ring (bicyclic) bond motifs is 4. The molecule has 1 spiro atoms. The fourth-order valence-electron chi connectivity index (χ4n) is 7.41. The number of esters is 1. The lowest BCUT2D eigenvalue weighted by Gasteiger charge is -2.59. The van der Waals surface area contributed by atoms with Gasteiger partial charge in [-0.25, -0.2) is 4.79 Å². The first-order valence-corrected chi connectivity index (χ1v) is 12.1. The Kier molecular flexibility index (Phi) is 4.47. The van der Waals surface area contributed by atoms with Gasteiger partial charge in [0.25, 0.3) is 0 Å². The number of carbonyl (C=O) groups excluding carboxylic acids is 1. The van der Waals surface area contributed by atoms with Gasteiger partial charge in [0, 0.05) is 18.9 Å². The van der Waals surface area contributed by atoms with E-state index < -0.39 is 34.9 Å². The molecule has 0 amide bonds. The summed E-state index contributed by atoms with van der Waals surface area (Å²) < 4.78 is 35.1. The van der Waals surface area contributed by atoms with Crippen LogP contribution in [0.25, 0.3) is 0 Å². The second-order valence-electron chi connectivity index (χ2n) is 10.1. The van der Waals surface area contributed by atoms with E-state index in [1.165, 1.54) is 32.4 Å². The molecule has 0 radical (unpaired) electrons. The van der Waals surface area contributed by atoms with Gasteiger partial charge in [-0.2, -0.15) is 0 Å². The Morgan fingerprint density at radius 2 is 1.94 bits per heavy atom. The Bertz CT molecular complexity index is 1280. The maximum Gasteiger partial charge on any atom is 0.338 e. The summed E-state index contributed by atoms with van der Waals surface area (Å²) in [4.78, 5) is 13.2. The zero-order valence-electron chi connectivity index (χ0n) is 19.9. The van der Waals surface area contributed by atoms with Crippen molar-refractivity contribution in [2.45, 2.75) is 54.3 Å². The standard InChI is InChI=1S/C26H27NO9/c1-31-17-7-13(3-4-16(17)28)23(30)35-21-10-24-5-6-27-25(24)11-20(36-26(25,32-2)22(21)29)14-8-18-19(9-15(14)24)34-12-33-18/h3-4,7-9,20-22,27-29H,5-6,10-12H2,1-2H3/t20-,21+,22+,24+,25-,26+/m0/s1. The second-order valence-corrected chi connectivity index (χ2v) is 10.1. The first-order valence-electron chi connectivity index (χ1n) is 12.1. The van der Waals surface area contributed by atoms with E-state index in [2.05, 4.69) is 5.32 Å². The molecule has 36 heavy (non-hydrogen) atoms. The first kappa shape index (κ1) is 22.2. The number of aromatic hydroxyl groups is 1. The van der Waals surface area contributed by atoms with Gasteiger partial charge < -0.3 is 44.0 Å². The lowest BCUT2D eigenvalue weighted by Crippen LogP contribution is -2.77. The van der Waals surface area contributed by atoms with Crippen molar-refractivity contribution >= 4 is 5.97 Å². The largest absolute Gasteiger partial charge is 0.504 e. The van der Waals surface area contributed by atoms with E-state index in [0.29, 0.717) is 30.9 Å². The van der Waals surface area contributed by atoms with Crippen molar-refractivity contribution < 1.29 is 43.4 Å². The fourth-order valence-corrected chi connectivity index (χ4v) is 7.41. The van der Waals surface area contributed by atoms with Gasteiger partial charge in [0.1, 0.15) is 12.2 Å². The fraction of sp³-hybridized carbons (Fsp3) is 0.500. The maximum atomic E-state index is 13.2. The molecule has 2 aliphatic carbocycles. The lowest BCUT2D eigenvalue weighted by atomic mass is 9.51. The second kappa shape index (κ2) is 7.25. The molecule has 2 saturated heterocycles. The summed E-state index contributed by atoms with van der Waals surface area (Å²) in [5.74, 6) is -0.665. The summed E-state index contributed by atoms with van der Waals surface area (Å²) in [6, 6.07) is 8.22. The molecule has 5 aliphatic rings. The van der Waals surface area contributed by atoms with Crippen LogP contribution in [0.5, 0.6) is 23.0 Å². The van der Waals surface area contributed by atoms with Crippen LogP contribution in [0.2, 0.25) is 0 Å². The molecular formula is C26H27NO9. The van der Waals surface area contributed by atoms with E-state index in [1.807, 2.05) is 12.1 Å². The predicted molar refractivity (Wildman–Crippen MR) is 122 cm³/mol. The van der Waals surface area contributed by atoms with E-state index in [1.54, 1.807) is 0 Å². The van der Waals surface area contributed by atoms with Crippen LogP contribution in [-0.2, 0) is 19.6 Å². The van der Waals surface area contributed by atoms with Crippen LogP contribution < -0.4 is 19.5 Å². The Hall–Kier alpha value is -3.05.